The van der Waals surface area contributed by atoms with Crippen molar-refractivity contribution in [1.82, 2.24) is 25.0 Å². The van der Waals surface area contributed by atoms with Crippen molar-refractivity contribution in [3.8, 4) is 11.1 Å². The first kappa shape index (κ1) is 22.2. The maximum Gasteiger partial charge on any atom is 0.155 e. The SMILES string of the molecule is C[Si](C)(C)CCOCn1nc(/C=C/c2ccccc2)c2ccc(-c3ccnc4[nH]ncc34)cc21. The number of aromatic amines is 1. The molecule has 0 fully saturated rings. The van der Waals surface area contributed by atoms with Gasteiger partial charge in [-0.15, -0.1) is 0 Å². The maximum atomic E-state index is 6.07. The Bertz CT molecular complexity index is 1450. The maximum absolute atomic E-state index is 6.07. The van der Waals surface area contributed by atoms with Crippen LogP contribution in [0.4, 0.5) is 0 Å². The van der Waals surface area contributed by atoms with E-state index in [4.69, 9.17) is 9.84 Å². The van der Waals surface area contributed by atoms with E-state index in [-0.39, 0.29) is 0 Å². The number of rotatable bonds is 8. The Morgan fingerprint density at radius 2 is 1.85 bits per heavy atom. The average molecular weight is 468 g/mol. The molecule has 3 aromatic heterocycles. The molecule has 0 aliphatic heterocycles. The molecule has 0 saturated carbocycles. The molecule has 5 rings (SSSR count). The lowest BCUT2D eigenvalue weighted by Gasteiger charge is -2.15. The van der Waals surface area contributed by atoms with Gasteiger partial charge >= 0.3 is 0 Å². The number of H-pyrrole nitrogens is 1. The highest BCUT2D eigenvalue weighted by atomic mass is 28.3. The van der Waals surface area contributed by atoms with Gasteiger partial charge in [0.2, 0.25) is 0 Å². The molecule has 0 atom stereocenters. The van der Waals surface area contributed by atoms with Crippen LogP contribution in [0, 0.1) is 0 Å². The predicted octanol–water partition coefficient (Wildman–Crippen LogP) is 6.46. The number of aromatic nitrogens is 5. The molecule has 0 unspecified atom stereocenters. The van der Waals surface area contributed by atoms with E-state index in [0.29, 0.717) is 6.73 Å². The highest BCUT2D eigenvalue weighted by molar-refractivity contribution is 6.76. The molecule has 0 saturated heterocycles. The molecule has 3 heterocycles. The topological polar surface area (TPSA) is 68.6 Å². The molecular weight excluding hydrogens is 438 g/mol. The molecule has 6 nitrogen and oxygen atoms in total. The van der Waals surface area contributed by atoms with Crippen LogP contribution in [-0.4, -0.2) is 39.6 Å². The molecule has 0 radical (unpaired) electrons. The van der Waals surface area contributed by atoms with Crippen LogP contribution in [0.25, 0.3) is 45.2 Å². The number of nitrogens with one attached hydrogen (secondary N) is 1. The molecule has 0 aliphatic rings. The van der Waals surface area contributed by atoms with Crippen molar-refractivity contribution in [2.45, 2.75) is 32.4 Å². The van der Waals surface area contributed by atoms with Gasteiger partial charge in [-0.25, -0.2) is 9.67 Å². The lowest BCUT2D eigenvalue weighted by atomic mass is 10.0. The van der Waals surface area contributed by atoms with E-state index in [1.807, 2.05) is 41.3 Å². The smallest absolute Gasteiger partial charge is 0.155 e. The first-order valence-corrected chi connectivity index (χ1v) is 15.3. The van der Waals surface area contributed by atoms with Gasteiger partial charge in [0, 0.05) is 31.7 Å². The van der Waals surface area contributed by atoms with Crippen molar-refractivity contribution in [2.24, 2.45) is 0 Å². The van der Waals surface area contributed by atoms with Gasteiger partial charge < -0.3 is 4.74 Å². The molecule has 34 heavy (non-hydrogen) atoms. The van der Waals surface area contributed by atoms with Crippen molar-refractivity contribution in [3.63, 3.8) is 0 Å². The Morgan fingerprint density at radius 1 is 1.00 bits per heavy atom. The zero-order valence-corrected chi connectivity index (χ0v) is 20.8. The molecule has 0 aliphatic carbocycles. The molecule has 172 valence electrons. The van der Waals surface area contributed by atoms with Crippen LogP contribution in [0.1, 0.15) is 11.3 Å². The minimum absolute atomic E-state index is 0.432. The van der Waals surface area contributed by atoms with Crippen LogP contribution >= 0.6 is 0 Å². The summed E-state index contributed by atoms with van der Waals surface area (Å²) in [7, 11) is -1.15. The zero-order chi connectivity index (χ0) is 23.5. The van der Waals surface area contributed by atoms with Crippen LogP contribution in [0.5, 0.6) is 0 Å². The van der Waals surface area contributed by atoms with Crippen molar-refractivity contribution in [3.05, 3.63) is 78.2 Å². The molecule has 0 spiro atoms. The van der Waals surface area contributed by atoms with Crippen molar-refractivity contribution in [2.75, 3.05) is 6.61 Å². The van der Waals surface area contributed by atoms with Gasteiger partial charge in [0.25, 0.3) is 0 Å². The third-order valence-electron chi connectivity index (χ3n) is 5.89. The van der Waals surface area contributed by atoms with Gasteiger partial charge in [-0.3, -0.25) is 5.10 Å². The van der Waals surface area contributed by atoms with E-state index in [1.54, 1.807) is 0 Å². The Balaban J connectivity index is 1.52. The van der Waals surface area contributed by atoms with Crippen molar-refractivity contribution < 1.29 is 4.74 Å². The van der Waals surface area contributed by atoms with Crippen molar-refractivity contribution >= 4 is 42.2 Å². The van der Waals surface area contributed by atoms with Crippen LogP contribution in [-0.2, 0) is 11.5 Å². The number of hydrogen-bond donors (Lipinski definition) is 1. The second-order valence-corrected chi connectivity index (χ2v) is 15.3. The van der Waals surface area contributed by atoms with E-state index in [9.17, 15) is 0 Å². The fraction of sp³-hybridized carbons (Fsp3) is 0.222. The first-order valence-electron chi connectivity index (χ1n) is 11.6. The normalized spacial score (nSPS) is 12.3. The number of fused-ring (bicyclic) bond motifs is 2. The summed E-state index contributed by atoms with van der Waals surface area (Å²) in [6, 6.07) is 19.9. The van der Waals surface area contributed by atoms with Gasteiger partial charge in [-0.2, -0.15) is 10.2 Å². The highest BCUT2D eigenvalue weighted by Crippen LogP contribution is 2.31. The Kier molecular flexibility index (Phi) is 6.13. The highest BCUT2D eigenvalue weighted by Gasteiger charge is 2.15. The zero-order valence-electron chi connectivity index (χ0n) is 19.8. The molecular formula is C27H29N5OSi. The average Bonchev–Trinajstić information content (AvgIpc) is 3.45. The summed E-state index contributed by atoms with van der Waals surface area (Å²) in [4.78, 5) is 4.37. The van der Waals surface area contributed by atoms with Crippen LogP contribution in [0.2, 0.25) is 25.7 Å². The molecule has 0 amide bonds. The van der Waals surface area contributed by atoms with Gasteiger partial charge in [0.05, 0.1) is 17.4 Å². The molecule has 1 N–H and O–H groups in total. The Hall–Kier alpha value is -3.55. The van der Waals surface area contributed by atoms with E-state index < -0.39 is 8.07 Å². The summed E-state index contributed by atoms with van der Waals surface area (Å²) in [6.45, 7) is 8.28. The van der Waals surface area contributed by atoms with Crippen LogP contribution in [0.3, 0.4) is 0 Å². The lowest BCUT2D eigenvalue weighted by Crippen LogP contribution is -2.22. The predicted molar refractivity (Wildman–Crippen MR) is 142 cm³/mol. The molecule has 2 aromatic carbocycles. The largest absolute Gasteiger partial charge is 0.360 e. The summed E-state index contributed by atoms with van der Waals surface area (Å²) < 4.78 is 8.04. The lowest BCUT2D eigenvalue weighted by molar-refractivity contribution is 0.0816. The number of hydrogen-bond acceptors (Lipinski definition) is 4. The number of ether oxygens (including phenoxy) is 1. The van der Waals surface area contributed by atoms with Crippen molar-refractivity contribution in [1.29, 1.82) is 0 Å². The summed E-state index contributed by atoms with van der Waals surface area (Å²) in [5, 5.41) is 14.1. The van der Waals surface area contributed by atoms with Crippen LogP contribution < -0.4 is 0 Å². The van der Waals surface area contributed by atoms with Gasteiger partial charge in [-0.1, -0.05) is 62.1 Å². The third kappa shape index (κ3) is 4.85. The van der Waals surface area contributed by atoms with E-state index in [1.165, 1.54) is 0 Å². The monoisotopic (exact) mass is 467 g/mol. The van der Waals surface area contributed by atoms with E-state index in [2.05, 4.69) is 77.3 Å². The molecule has 5 aromatic rings. The third-order valence-corrected chi connectivity index (χ3v) is 7.59. The van der Waals surface area contributed by atoms with E-state index in [0.717, 1.165) is 57.0 Å². The quantitative estimate of drug-likeness (QED) is 0.210. The number of pyridine rings is 1. The fourth-order valence-corrected chi connectivity index (χ4v) is 4.72. The summed E-state index contributed by atoms with van der Waals surface area (Å²) >= 11 is 0. The second kappa shape index (κ2) is 9.36. The standard InChI is InChI=1S/C27H29N5OSi/c1-34(2,3)16-15-33-19-32-26-17-21(22-13-14-28-27-24(22)18-29-30-27)10-11-23(26)25(31-32)12-9-20-7-5-4-6-8-20/h4-14,17-18H,15-16,19H2,1-3H3,(H,28,29,30)/b12-9+. The number of benzene rings is 2. The second-order valence-electron chi connectivity index (χ2n) is 9.70. The van der Waals surface area contributed by atoms with Gasteiger partial charge in [0.15, 0.2) is 5.65 Å². The van der Waals surface area contributed by atoms with Gasteiger partial charge in [0.1, 0.15) is 6.73 Å². The Labute approximate surface area is 200 Å². The van der Waals surface area contributed by atoms with Gasteiger partial charge in [-0.05, 0) is 47.0 Å². The first-order chi connectivity index (χ1) is 16.5. The Morgan fingerprint density at radius 3 is 2.68 bits per heavy atom. The molecule has 7 heteroatoms. The summed E-state index contributed by atoms with van der Waals surface area (Å²) in [5.74, 6) is 0. The van der Waals surface area contributed by atoms with Crippen LogP contribution in [0.15, 0.2) is 67.0 Å². The summed E-state index contributed by atoms with van der Waals surface area (Å²) in [6.07, 6.45) is 7.82. The fourth-order valence-electron chi connectivity index (χ4n) is 3.96. The number of nitrogens with zero attached hydrogens (tertiary/aromatic N) is 4. The minimum Gasteiger partial charge on any atom is -0.360 e. The minimum atomic E-state index is -1.15. The molecule has 0 bridgehead atoms. The summed E-state index contributed by atoms with van der Waals surface area (Å²) in [5.41, 5.74) is 6.10. The van der Waals surface area contributed by atoms with E-state index >= 15 is 0 Å².